The molecule has 2 amide bonds. The molecule has 0 atom stereocenters. The van der Waals surface area contributed by atoms with Crippen LogP contribution in [0.25, 0.3) is 10.8 Å². The number of carboxylic acids is 1. The number of non-ortho nitro benzene ring substituents is 1. The first kappa shape index (κ1) is 23.3. The van der Waals surface area contributed by atoms with Gasteiger partial charge in [-0.3, -0.25) is 28.8 Å². The predicted octanol–water partition coefficient (Wildman–Crippen LogP) is 3.10. The normalized spacial score (nSPS) is 13.4. The zero-order valence-corrected chi connectivity index (χ0v) is 18.5. The molecule has 3 aromatic rings. The Labute approximate surface area is 196 Å². The fourth-order valence-electron chi connectivity index (χ4n) is 3.58. The Hall–Kier alpha value is -3.87. The van der Waals surface area contributed by atoms with Crippen LogP contribution in [0.2, 0.25) is 5.02 Å². The van der Waals surface area contributed by atoms with E-state index in [1.807, 2.05) is 0 Å². The van der Waals surface area contributed by atoms with Crippen molar-refractivity contribution in [1.82, 2.24) is 4.90 Å². The van der Waals surface area contributed by atoms with Gasteiger partial charge >= 0.3 is 5.97 Å². The molecule has 0 aliphatic carbocycles. The van der Waals surface area contributed by atoms with E-state index in [9.17, 15) is 32.9 Å². The summed E-state index contributed by atoms with van der Waals surface area (Å²) in [5, 5.41) is 20.7. The second-order valence-corrected chi connectivity index (χ2v) is 9.13. The first-order chi connectivity index (χ1) is 16.0. The third-order valence-electron chi connectivity index (χ3n) is 5.12. The molecule has 1 aliphatic heterocycles. The van der Waals surface area contributed by atoms with Crippen LogP contribution in [0.4, 0.5) is 5.69 Å². The molecule has 11 nitrogen and oxygen atoms in total. The lowest BCUT2D eigenvalue weighted by Gasteiger charge is -2.26. The Bertz CT molecular complexity index is 1520. The Morgan fingerprint density at radius 2 is 1.79 bits per heavy atom. The molecule has 13 heteroatoms. The molecule has 0 spiro atoms. The van der Waals surface area contributed by atoms with E-state index in [4.69, 9.17) is 20.9 Å². The topological polar surface area (TPSA) is 161 Å². The van der Waals surface area contributed by atoms with Gasteiger partial charge < -0.3 is 5.11 Å². The van der Waals surface area contributed by atoms with Crippen molar-refractivity contribution in [3.05, 3.63) is 80.4 Å². The molecule has 0 saturated carbocycles. The summed E-state index contributed by atoms with van der Waals surface area (Å²) in [5.74, 6) is -2.94. The predicted molar refractivity (Wildman–Crippen MR) is 118 cm³/mol. The number of hydrogen-bond acceptors (Lipinski definition) is 8. The molecule has 0 radical (unpaired) electrons. The number of halogens is 1. The quantitative estimate of drug-likeness (QED) is 0.220. The van der Waals surface area contributed by atoms with Crippen LogP contribution in [-0.4, -0.2) is 54.3 Å². The van der Waals surface area contributed by atoms with Crippen molar-refractivity contribution >= 4 is 56.0 Å². The third kappa shape index (κ3) is 3.98. The average Bonchev–Trinajstić information content (AvgIpc) is 2.79. The number of rotatable bonds is 7. The van der Waals surface area contributed by atoms with Crippen molar-refractivity contribution in [3.63, 3.8) is 0 Å². The highest BCUT2D eigenvalue weighted by Gasteiger charge is 2.34. The summed E-state index contributed by atoms with van der Waals surface area (Å²) < 4.78 is 30.0. The molecular weight excluding hydrogens is 492 g/mol. The van der Waals surface area contributed by atoms with Gasteiger partial charge in [0.15, 0.2) is 0 Å². The number of benzene rings is 3. The minimum atomic E-state index is -4.54. The smallest absolute Gasteiger partial charge is 0.335 e. The standard InChI is InChI=1S/C21H13ClN2O9S/c22-16-5-4-12(21(27)28)9-17(16)34(31,32)33-7-6-23-19(25)14-3-1-2-11-8-13(24(29)30)10-15(18(11)14)20(23)26/h1-5,8-10H,6-7H2,(H,27,28). The summed E-state index contributed by atoms with van der Waals surface area (Å²) in [6, 6.07) is 9.84. The minimum Gasteiger partial charge on any atom is -0.478 e. The Kier molecular flexibility index (Phi) is 5.81. The molecule has 4 rings (SSSR count). The SMILES string of the molecule is O=C(O)c1ccc(Cl)c(S(=O)(=O)OCCN2C(=O)c3cccc4cc([N+](=O)[O-])cc(c34)C2=O)c1. The third-order valence-corrected chi connectivity index (χ3v) is 6.92. The largest absolute Gasteiger partial charge is 0.478 e. The van der Waals surface area contributed by atoms with Crippen LogP contribution < -0.4 is 0 Å². The van der Waals surface area contributed by atoms with Crippen LogP contribution in [0.5, 0.6) is 0 Å². The second kappa shape index (κ2) is 8.48. The molecule has 1 aliphatic rings. The van der Waals surface area contributed by atoms with Crippen molar-refractivity contribution in [2.75, 3.05) is 13.2 Å². The van der Waals surface area contributed by atoms with Gasteiger partial charge in [-0.1, -0.05) is 23.7 Å². The van der Waals surface area contributed by atoms with Crippen LogP contribution in [0.15, 0.2) is 53.4 Å². The Balaban J connectivity index is 1.60. The summed E-state index contributed by atoms with van der Waals surface area (Å²) in [6.45, 7) is -1.15. The summed E-state index contributed by atoms with van der Waals surface area (Å²) in [4.78, 5) is 47.8. The van der Waals surface area contributed by atoms with Crippen LogP contribution in [0, 0.1) is 10.1 Å². The molecule has 0 aromatic heterocycles. The van der Waals surface area contributed by atoms with Crippen LogP contribution in [0.1, 0.15) is 31.1 Å². The van der Waals surface area contributed by atoms with Gasteiger partial charge in [0.05, 0.1) is 34.2 Å². The fourth-order valence-corrected chi connectivity index (χ4v) is 4.98. The first-order valence-electron chi connectivity index (χ1n) is 9.51. The zero-order chi connectivity index (χ0) is 24.8. The van der Waals surface area contributed by atoms with E-state index >= 15 is 0 Å². The average molecular weight is 505 g/mol. The highest BCUT2D eigenvalue weighted by atomic mass is 35.5. The fraction of sp³-hybridized carbons (Fsp3) is 0.0952. The van der Waals surface area contributed by atoms with Gasteiger partial charge in [0, 0.05) is 23.1 Å². The molecular formula is C21H13ClN2O9S. The van der Waals surface area contributed by atoms with Crippen LogP contribution in [-0.2, 0) is 14.3 Å². The van der Waals surface area contributed by atoms with Gasteiger partial charge in [0.2, 0.25) is 0 Å². The molecule has 0 bridgehead atoms. The molecule has 1 N–H and O–H groups in total. The van der Waals surface area contributed by atoms with Gasteiger partial charge in [-0.2, -0.15) is 8.42 Å². The molecule has 1 heterocycles. The minimum absolute atomic E-state index is 0.0699. The van der Waals surface area contributed by atoms with Crippen LogP contribution >= 0.6 is 11.6 Å². The number of nitro groups is 1. The van der Waals surface area contributed by atoms with E-state index in [1.165, 1.54) is 24.3 Å². The summed E-state index contributed by atoms with van der Waals surface area (Å²) in [5.41, 5.74) is -0.616. The van der Waals surface area contributed by atoms with Gasteiger partial charge in [-0.25, -0.2) is 4.79 Å². The number of hydrogen-bond donors (Lipinski definition) is 1. The molecule has 3 aromatic carbocycles. The van der Waals surface area contributed by atoms with Gasteiger partial charge in [-0.05, 0) is 29.7 Å². The van der Waals surface area contributed by atoms with E-state index in [0.29, 0.717) is 5.39 Å². The van der Waals surface area contributed by atoms with E-state index in [-0.39, 0.29) is 32.8 Å². The van der Waals surface area contributed by atoms with E-state index < -0.39 is 50.9 Å². The van der Waals surface area contributed by atoms with Gasteiger partial charge in [0.1, 0.15) is 4.90 Å². The number of nitro benzene ring substituents is 1. The molecule has 0 saturated heterocycles. The van der Waals surface area contributed by atoms with Crippen LogP contribution in [0.3, 0.4) is 0 Å². The Morgan fingerprint density at radius 1 is 1.09 bits per heavy atom. The monoisotopic (exact) mass is 504 g/mol. The number of aromatic carboxylic acids is 1. The van der Waals surface area contributed by atoms with Crippen molar-refractivity contribution < 1.29 is 37.0 Å². The first-order valence-corrected chi connectivity index (χ1v) is 11.3. The van der Waals surface area contributed by atoms with Gasteiger partial charge in [0.25, 0.3) is 27.6 Å². The Morgan fingerprint density at radius 3 is 2.47 bits per heavy atom. The second-order valence-electron chi connectivity index (χ2n) is 7.14. The highest BCUT2D eigenvalue weighted by molar-refractivity contribution is 7.86. The van der Waals surface area contributed by atoms with E-state index in [2.05, 4.69) is 0 Å². The maximum absolute atomic E-state index is 13.0. The van der Waals surface area contributed by atoms with Crippen molar-refractivity contribution in [2.24, 2.45) is 0 Å². The van der Waals surface area contributed by atoms with E-state index in [1.54, 1.807) is 0 Å². The molecule has 0 unspecified atom stereocenters. The highest BCUT2D eigenvalue weighted by Crippen LogP contribution is 2.33. The number of nitrogens with zero attached hydrogens (tertiary/aromatic N) is 2. The lowest BCUT2D eigenvalue weighted by molar-refractivity contribution is -0.384. The molecule has 0 fully saturated rings. The summed E-state index contributed by atoms with van der Waals surface area (Å²) in [6.07, 6.45) is 0. The van der Waals surface area contributed by atoms with Gasteiger partial charge in [-0.15, -0.1) is 0 Å². The number of carboxylic acid groups (broad SMARTS) is 1. The van der Waals surface area contributed by atoms with Crippen molar-refractivity contribution in [2.45, 2.75) is 4.90 Å². The maximum Gasteiger partial charge on any atom is 0.335 e. The lowest BCUT2D eigenvalue weighted by atomic mass is 9.93. The molecule has 34 heavy (non-hydrogen) atoms. The van der Waals surface area contributed by atoms with Crippen molar-refractivity contribution in [1.29, 1.82) is 0 Å². The van der Waals surface area contributed by atoms with Crippen molar-refractivity contribution in [3.8, 4) is 0 Å². The number of carbonyl (C=O) groups is 3. The summed E-state index contributed by atoms with van der Waals surface area (Å²) >= 11 is 5.88. The molecule has 174 valence electrons. The van der Waals surface area contributed by atoms with E-state index in [0.717, 1.165) is 29.2 Å². The summed E-state index contributed by atoms with van der Waals surface area (Å²) in [7, 11) is -4.54. The number of amides is 2. The zero-order valence-electron chi connectivity index (χ0n) is 16.9. The number of carbonyl (C=O) groups excluding carboxylic acids is 2. The lowest BCUT2D eigenvalue weighted by Crippen LogP contribution is -2.42. The maximum atomic E-state index is 13.0. The number of imide groups is 1.